The van der Waals surface area contributed by atoms with Gasteiger partial charge in [-0.05, 0) is 48.4 Å². The number of fused-ring (bicyclic) bond motifs is 2. The van der Waals surface area contributed by atoms with Gasteiger partial charge in [-0.15, -0.1) is 0 Å². The lowest BCUT2D eigenvalue weighted by Gasteiger charge is -2.20. The molecular weight excluding hydrogens is 438 g/mol. The summed E-state index contributed by atoms with van der Waals surface area (Å²) in [5, 5.41) is 0.378. The average Bonchev–Trinajstić information content (AvgIpc) is 3.20. The molecule has 0 amide bonds. The molecule has 0 aliphatic carbocycles. The van der Waals surface area contributed by atoms with E-state index in [1.807, 2.05) is 12.1 Å². The summed E-state index contributed by atoms with van der Waals surface area (Å²) in [4.78, 5) is 28.3. The molecule has 3 aromatic carbocycles. The number of nitrogens with zero attached hydrogens (tertiary/aromatic N) is 2. The van der Waals surface area contributed by atoms with E-state index < -0.39 is 21.3 Å². The highest BCUT2D eigenvalue weighted by atomic mass is 35.5. The second-order valence-corrected chi connectivity index (χ2v) is 9.45. The highest BCUT2D eigenvalue weighted by molar-refractivity contribution is 7.92. The predicted molar refractivity (Wildman–Crippen MR) is 120 cm³/mol. The van der Waals surface area contributed by atoms with Crippen LogP contribution in [0.15, 0.2) is 81.2 Å². The van der Waals surface area contributed by atoms with Crippen molar-refractivity contribution in [1.82, 2.24) is 9.55 Å². The van der Waals surface area contributed by atoms with E-state index in [-0.39, 0.29) is 15.6 Å². The van der Waals surface area contributed by atoms with Crippen LogP contribution in [-0.4, -0.2) is 24.5 Å². The predicted octanol–water partition coefficient (Wildman–Crippen LogP) is 3.08. The standard InChI is InChI=1S/C22H16ClN3O4S/c23-17-10-9-15(31(29,30)25-12-11-14-5-1-4-8-19(14)25)13-20(17)26-21(27)16-6-2-3-7-18(16)24-22(26)28/h1-10,13H,11-12H2,(H,24,28). The fourth-order valence-electron chi connectivity index (χ4n) is 3.89. The molecule has 0 spiro atoms. The SMILES string of the molecule is O=c1[nH]c2ccccc2c(=O)n1-c1cc(S(=O)(=O)N2CCc3ccccc32)ccc1Cl. The number of sulfonamides is 1. The van der Waals surface area contributed by atoms with Crippen molar-refractivity contribution >= 4 is 38.2 Å². The lowest BCUT2D eigenvalue weighted by molar-refractivity contribution is 0.592. The molecule has 156 valence electrons. The zero-order chi connectivity index (χ0) is 21.8. The zero-order valence-electron chi connectivity index (χ0n) is 16.1. The molecule has 0 fully saturated rings. The third kappa shape index (κ3) is 3.07. The number of H-pyrrole nitrogens is 1. The van der Waals surface area contributed by atoms with Gasteiger partial charge in [-0.2, -0.15) is 0 Å². The van der Waals surface area contributed by atoms with Gasteiger partial charge in [0.2, 0.25) is 0 Å². The highest BCUT2D eigenvalue weighted by Gasteiger charge is 2.31. The quantitative estimate of drug-likeness (QED) is 0.516. The van der Waals surface area contributed by atoms with E-state index in [1.54, 1.807) is 36.4 Å². The van der Waals surface area contributed by atoms with Gasteiger partial charge in [0.05, 0.1) is 32.2 Å². The number of rotatable bonds is 3. The number of benzene rings is 3. The molecule has 0 unspecified atom stereocenters. The molecule has 7 nitrogen and oxygen atoms in total. The maximum absolute atomic E-state index is 13.4. The van der Waals surface area contributed by atoms with Crippen LogP contribution in [0.4, 0.5) is 5.69 Å². The van der Waals surface area contributed by atoms with Crippen LogP contribution in [0.2, 0.25) is 5.02 Å². The van der Waals surface area contributed by atoms with Gasteiger partial charge in [0, 0.05) is 6.54 Å². The Morgan fingerprint density at radius 1 is 0.903 bits per heavy atom. The van der Waals surface area contributed by atoms with Crippen molar-refractivity contribution in [2.45, 2.75) is 11.3 Å². The van der Waals surface area contributed by atoms with Crippen molar-refractivity contribution in [2.75, 3.05) is 10.8 Å². The van der Waals surface area contributed by atoms with E-state index in [2.05, 4.69) is 4.98 Å². The fourth-order valence-corrected chi connectivity index (χ4v) is 5.62. The van der Waals surface area contributed by atoms with Crippen molar-refractivity contribution in [3.05, 3.63) is 98.2 Å². The molecule has 31 heavy (non-hydrogen) atoms. The van der Waals surface area contributed by atoms with Crippen LogP contribution in [0, 0.1) is 0 Å². The fraction of sp³-hybridized carbons (Fsp3) is 0.0909. The summed E-state index contributed by atoms with van der Waals surface area (Å²) in [6.45, 7) is 0.316. The largest absolute Gasteiger partial charge is 0.333 e. The Balaban J connectivity index is 1.69. The van der Waals surface area contributed by atoms with E-state index in [0.29, 0.717) is 29.6 Å². The first-order valence-corrected chi connectivity index (χ1v) is 11.3. The van der Waals surface area contributed by atoms with Gasteiger partial charge in [0.1, 0.15) is 0 Å². The number of nitrogens with one attached hydrogen (secondary N) is 1. The molecule has 0 saturated carbocycles. The average molecular weight is 454 g/mol. The second-order valence-electron chi connectivity index (χ2n) is 7.19. The topological polar surface area (TPSA) is 92.2 Å². The van der Waals surface area contributed by atoms with Crippen molar-refractivity contribution in [3.8, 4) is 5.69 Å². The summed E-state index contributed by atoms with van der Waals surface area (Å²) in [5.41, 5.74) is 0.686. The van der Waals surface area contributed by atoms with Crippen LogP contribution in [0.5, 0.6) is 0 Å². The molecule has 1 aromatic heterocycles. The summed E-state index contributed by atoms with van der Waals surface area (Å²) in [6, 6.07) is 17.9. The van der Waals surface area contributed by atoms with Gasteiger partial charge in [0.25, 0.3) is 15.6 Å². The van der Waals surface area contributed by atoms with Gasteiger partial charge >= 0.3 is 5.69 Å². The van der Waals surface area contributed by atoms with Crippen molar-refractivity contribution in [3.63, 3.8) is 0 Å². The number of aromatic amines is 1. The minimum Gasteiger partial charge on any atom is -0.306 e. The van der Waals surface area contributed by atoms with E-state index in [0.717, 1.165) is 10.1 Å². The Kier molecular flexibility index (Phi) is 4.49. The van der Waals surface area contributed by atoms with Crippen LogP contribution < -0.4 is 15.6 Å². The molecule has 0 atom stereocenters. The Labute approximate surface area is 182 Å². The Bertz CT molecular complexity index is 1570. The monoisotopic (exact) mass is 453 g/mol. The van der Waals surface area contributed by atoms with E-state index in [9.17, 15) is 18.0 Å². The van der Waals surface area contributed by atoms with E-state index >= 15 is 0 Å². The molecular formula is C22H16ClN3O4S. The molecule has 0 saturated heterocycles. The first-order chi connectivity index (χ1) is 14.9. The maximum Gasteiger partial charge on any atom is 0.333 e. The molecule has 5 rings (SSSR count). The minimum absolute atomic E-state index is 0.00669. The number of hydrogen-bond donors (Lipinski definition) is 1. The Morgan fingerprint density at radius 2 is 1.65 bits per heavy atom. The van der Waals surface area contributed by atoms with E-state index in [4.69, 9.17) is 11.6 Å². The lowest BCUT2D eigenvalue weighted by Crippen LogP contribution is -2.34. The molecule has 1 aliphatic heterocycles. The number of hydrogen-bond acceptors (Lipinski definition) is 4. The minimum atomic E-state index is -3.92. The van der Waals surface area contributed by atoms with Crippen LogP contribution in [0.25, 0.3) is 16.6 Å². The Hall–Kier alpha value is -3.36. The lowest BCUT2D eigenvalue weighted by atomic mass is 10.2. The van der Waals surface area contributed by atoms with Crippen molar-refractivity contribution in [2.24, 2.45) is 0 Å². The summed E-state index contributed by atoms with van der Waals surface area (Å²) in [7, 11) is -3.92. The molecule has 0 radical (unpaired) electrons. The summed E-state index contributed by atoms with van der Waals surface area (Å²) < 4.78 is 29.0. The zero-order valence-corrected chi connectivity index (χ0v) is 17.7. The van der Waals surface area contributed by atoms with Crippen molar-refractivity contribution < 1.29 is 8.42 Å². The molecule has 2 heterocycles. The number of aromatic nitrogens is 2. The highest BCUT2D eigenvalue weighted by Crippen LogP contribution is 2.33. The summed E-state index contributed by atoms with van der Waals surface area (Å²) in [5.74, 6) is 0. The van der Waals surface area contributed by atoms with Gasteiger partial charge in [-0.25, -0.2) is 17.8 Å². The molecule has 0 bridgehead atoms. The molecule has 4 aromatic rings. The Morgan fingerprint density at radius 3 is 2.48 bits per heavy atom. The first kappa shape index (κ1) is 19.6. The summed E-state index contributed by atoms with van der Waals surface area (Å²) in [6.07, 6.45) is 0.611. The van der Waals surface area contributed by atoms with Crippen molar-refractivity contribution in [1.29, 1.82) is 0 Å². The van der Waals surface area contributed by atoms with Gasteiger partial charge < -0.3 is 4.98 Å². The molecule has 1 aliphatic rings. The van der Waals surface area contributed by atoms with Gasteiger partial charge in [-0.1, -0.05) is 41.9 Å². The second kappa shape index (κ2) is 7.11. The van der Waals surface area contributed by atoms with E-state index in [1.165, 1.54) is 22.5 Å². The number of halogens is 1. The third-order valence-corrected chi connectivity index (χ3v) is 7.53. The number of anilines is 1. The normalized spacial score (nSPS) is 13.5. The van der Waals surface area contributed by atoms with Crippen LogP contribution >= 0.6 is 11.6 Å². The van der Waals surface area contributed by atoms with Crippen LogP contribution in [-0.2, 0) is 16.4 Å². The van der Waals surface area contributed by atoms with Gasteiger partial charge in [-0.3, -0.25) is 9.10 Å². The number of para-hydroxylation sites is 2. The summed E-state index contributed by atoms with van der Waals surface area (Å²) >= 11 is 6.30. The molecule has 1 N–H and O–H groups in total. The van der Waals surface area contributed by atoms with Gasteiger partial charge in [0.15, 0.2) is 0 Å². The first-order valence-electron chi connectivity index (χ1n) is 9.52. The molecule has 9 heteroatoms. The smallest absolute Gasteiger partial charge is 0.306 e. The maximum atomic E-state index is 13.4. The third-order valence-electron chi connectivity index (χ3n) is 5.40. The van der Waals surface area contributed by atoms with Crippen LogP contribution in [0.1, 0.15) is 5.56 Å². The van der Waals surface area contributed by atoms with Crippen LogP contribution in [0.3, 0.4) is 0 Å².